The van der Waals surface area contributed by atoms with Gasteiger partial charge in [-0.1, -0.05) is 65.2 Å². The summed E-state index contributed by atoms with van der Waals surface area (Å²) in [6, 6.07) is 14.4. The fraction of sp³-hybridized carbons (Fsp3) is 0.111. The van der Waals surface area contributed by atoms with E-state index in [1.54, 1.807) is 17.8 Å². The molecule has 0 aliphatic carbocycles. The number of carbonyl (C=O) groups excluding carboxylic acids is 1. The number of benzene rings is 2. The van der Waals surface area contributed by atoms with Crippen LogP contribution in [0, 0.1) is 0 Å². The second-order valence-electron chi connectivity index (χ2n) is 5.44. The number of nitrogens with one attached hydrogen (secondary N) is 1. The molecule has 3 aromatic rings. The Morgan fingerprint density at radius 1 is 1.07 bits per heavy atom. The number of hydrogen-bond donors (Lipinski definition) is 3. The van der Waals surface area contributed by atoms with Gasteiger partial charge in [-0.05, 0) is 29.3 Å². The van der Waals surface area contributed by atoms with Gasteiger partial charge >= 0.3 is 0 Å². The number of hydrazone groups is 1. The molecular weight excluding hydrogens is 416 g/mol. The molecule has 28 heavy (non-hydrogen) atoms. The van der Waals surface area contributed by atoms with E-state index < -0.39 is 0 Å². The van der Waals surface area contributed by atoms with E-state index in [1.165, 1.54) is 47.0 Å². The SMILES string of the molecule is O=C(CSc1nnc(SCc2ccccc2)s1)NN=Cc1ccc(O)c(O)c1. The van der Waals surface area contributed by atoms with Crippen LogP contribution >= 0.6 is 34.9 Å². The monoisotopic (exact) mass is 432 g/mol. The minimum atomic E-state index is -0.280. The summed E-state index contributed by atoms with van der Waals surface area (Å²) in [6.45, 7) is 0. The van der Waals surface area contributed by atoms with E-state index in [4.69, 9.17) is 0 Å². The van der Waals surface area contributed by atoms with Crippen molar-refractivity contribution >= 4 is 47.0 Å². The minimum Gasteiger partial charge on any atom is -0.504 e. The molecule has 1 amide bonds. The highest BCUT2D eigenvalue weighted by molar-refractivity contribution is 8.03. The van der Waals surface area contributed by atoms with Gasteiger partial charge in [0.05, 0.1) is 12.0 Å². The van der Waals surface area contributed by atoms with Gasteiger partial charge in [-0.2, -0.15) is 5.10 Å². The van der Waals surface area contributed by atoms with Crippen LogP contribution in [0.1, 0.15) is 11.1 Å². The van der Waals surface area contributed by atoms with E-state index in [9.17, 15) is 15.0 Å². The third kappa shape index (κ3) is 6.25. The summed E-state index contributed by atoms with van der Waals surface area (Å²) in [7, 11) is 0. The van der Waals surface area contributed by atoms with Gasteiger partial charge in [-0.3, -0.25) is 4.79 Å². The van der Waals surface area contributed by atoms with Crippen LogP contribution in [0.15, 0.2) is 62.3 Å². The van der Waals surface area contributed by atoms with Crippen LogP contribution in [-0.2, 0) is 10.5 Å². The molecule has 0 aliphatic heterocycles. The lowest BCUT2D eigenvalue weighted by atomic mass is 10.2. The van der Waals surface area contributed by atoms with E-state index in [0.717, 1.165) is 14.4 Å². The lowest BCUT2D eigenvalue weighted by molar-refractivity contribution is -0.118. The number of amides is 1. The predicted molar refractivity (Wildman–Crippen MR) is 112 cm³/mol. The van der Waals surface area contributed by atoms with Crippen LogP contribution in [0.2, 0.25) is 0 Å². The van der Waals surface area contributed by atoms with E-state index in [0.29, 0.717) is 5.56 Å². The molecule has 144 valence electrons. The van der Waals surface area contributed by atoms with Crippen LogP contribution < -0.4 is 5.43 Å². The van der Waals surface area contributed by atoms with Crippen molar-refractivity contribution in [3.63, 3.8) is 0 Å². The number of phenolic OH excluding ortho intramolecular Hbond substituents is 2. The summed E-state index contributed by atoms with van der Waals surface area (Å²) in [5.41, 5.74) is 4.17. The Morgan fingerprint density at radius 2 is 1.82 bits per heavy atom. The molecule has 0 spiro atoms. The first kappa shape index (κ1) is 20.2. The van der Waals surface area contributed by atoms with E-state index >= 15 is 0 Å². The fourth-order valence-electron chi connectivity index (χ4n) is 1.99. The molecule has 3 N–H and O–H groups in total. The second-order valence-corrected chi connectivity index (χ2v) is 8.86. The van der Waals surface area contributed by atoms with Gasteiger partial charge in [0.2, 0.25) is 0 Å². The fourth-order valence-corrected chi connectivity index (χ4v) is 4.76. The zero-order chi connectivity index (χ0) is 19.8. The minimum absolute atomic E-state index is 0.163. The Kier molecular flexibility index (Phi) is 7.29. The van der Waals surface area contributed by atoms with Gasteiger partial charge in [-0.25, -0.2) is 5.43 Å². The van der Waals surface area contributed by atoms with E-state index in [1.807, 2.05) is 18.2 Å². The summed E-state index contributed by atoms with van der Waals surface area (Å²) < 4.78 is 1.58. The first-order valence-electron chi connectivity index (χ1n) is 8.07. The molecule has 0 bridgehead atoms. The van der Waals surface area contributed by atoms with Crippen LogP contribution in [0.25, 0.3) is 0 Å². The van der Waals surface area contributed by atoms with Crippen LogP contribution in [-0.4, -0.2) is 38.3 Å². The third-order valence-corrected chi connectivity index (χ3v) is 6.58. The van der Waals surface area contributed by atoms with Crippen LogP contribution in [0.5, 0.6) is 11.5 Å². The van der Waals surface area contributed by atoms with Crippen molar-refractivity contribution in [1.82, 2.24) is 15.6 Å². The van der Waals surface area contributed by atoms with Crippen molar-refractivity contribution in [3.05, 3.63) is 59.7 Å². The highest BCUT2D eigenvalue weighted by Gasteiger charge is 2.08. The predicted octanol–water partition coefficient (Wildman–Crippen LogP) is 3.48. The summed E-state index contributed by atoms with van der Waals surface area (Å²) in [5.74, 6) is 0.245. The van der Waals surface area contributed by atoms with Gasteiger partial charge in [-0.15, -0.1) is 10.2 Å². The van der Waals surface area contributed by atoms with E-state index in [2.05, 4.69) is 32.9 Å². The Labute approximate surface area is 173 Å². The molecule has 0 saturated heterocycles. The molecule has 0 unspecified atom stereocenters. The zero-order valence-corrected chi connectivity index (χ0v) is 16.9. The summed E-state index contributed by atoms with van der Waals surface area (Å²) >= 11 is 4.36. The Morgan fingerprint density at radius 3 is 2.57 bits per heavy atom. The van der Waals surface area contributed by atoms with Gasteiger partial charge in [0.15, 0.2) is 20.2 Å². The van der Waals surface area contributed by atoms with Crippen molar-refractivity contribution in [1.29, 1.82) is 0 Å². The number of rotatable bonds is 8. The van der Waals surface area contributed by atoms with Crippen molar-refractivity contribution in [3.8, 4) is 11.5 Å². The van der Waals surface area contributed by atoms with E-state index in [-0.39, 0.29) is 23.2 Å². The summed E-state index contributed by atoms with van der Waals surface area (Å²) in [4.78, 5) is 11.9. The van der Waals surface area contributed by atoms with Crippen LogP contribution in [0.3, 0.4) is 0 Å². The quantitative estimate of drug-likeness (QED) is 0.216. The Hall–Kier alpha value is -2.56. The van der Waals surface area contributed by atoms with Gasteiger partial charge < -0.3 is 10.2 Å². The number of thioether (sulfide) groups is 2. The Balaban J connectivity index is 1.41. The molecule has 3 rings (SSSR count). The average Bonchev–Trinajstić information content (AvgIpc) is 3.16. The molecule has 2 aromatic carbocycles. The van der Waals surface area contributed by atoms with Crippen molar-refractivity contribution in [2.45, 2.75) is 14.4 Å². The van der Waals surface area contributed by atoms with Crippen molar-refractivity contribution in [2.75, 3.05) is 5.75 Å². The molecule has 0 aliphatic rings. The topological polar surface area (TPSA) is 108 Å². The standard InChI is InChI=1S/C18H16N4O3S3/c23-14-7-6-13(8-15(14)24)9-19-20-16(25)11-27-18-22-21-17(28-18)26-10-12-4-2-1-3-5-12/h1-9,23-24H,10-11H2,(H,20,25). The van der Waals surface area contributed by atoms with Gasteiger partial charge in [0.25, 0.3) is 5.91 Å². The maximum absolute atomic E-state index is 11.9. The zero-order valence-electron chi connectivity index (χ0n) is 14.5. The molecule has 1 heterocycles. The average molecular weight is 433 g/mol. The van der Waals surface area contributed by atoms with Gasteiger partial charge in [0, 0.05) is 5.75 Å². The number of aromatic hydroxyl groups is 2. The molecule has 7 nitrogen and oxygen atoms in total. The maximum Gasteiger partial charge on any atom is 0.250 e. The second kappa shape index (κ2) is 10.1. The molecule has 0 fully saturated rings. The largest absolute Gasteiger partial charge is 0.504 e. The number of carbonyl (C=O) groups is 1. The maximum atomic E-state index is 11.9. The van der Waals surface area contributed by atoms with Crippen LogP contribution in [0.4, 0.5) is 0 Å². The lowest BCUT2D eigenvalue weighted by Gasteiger charge is -1.99. The highest BCUT2D eigenvalue weighted by atomic mass is 32.2. The molecule has 10 heteroatoms. The number of aromatic nitrogens is 2. The molecule has 0 atom stereocenters. The number of hydrogen-bond acceptors (Lipinski definition) is 9. The normalized spacial score (nSPS) is 11.0. The number of nitrogens with zero attached hydrogens (tertiary/aromatic N) is 3. The Bertz CT molecular complexity index is 964. The molecule has 1 aromatic heterocycles. The van der Waals surface area contributed by atoms with Crippen molar-refractivity contribution in [2.24, 2.45) is 5.10 Å². The molecule has 0 radical (unpaired) electrons. The first-order valence-corrected chi connectivity index (χ1v) is 10.9. The first-order chi connectivity index (χ1) is 13.6. The number of phenols is 2. The third-order valence-electron chi connectivity index (χ3n) is 3.32. The summed E-state index contributed by atoms with van der Waals surface area (Å²) in [6.07, 6.45) is 1.38. The summed E-state index contributed by atoms with van der Waals surface area (Å²) in [5, 5.41) is 30.7. The molecular formula is C18H16N4O3S3. The lowest BCUT2D eigenvalue weighted by Crippen LogP contribution is -2.19. The molecule has 0 saturated carbocycles. The smallest absolute Gasteiger partial charge is 0.250 e. The van der Waals surface area contributed by atoms with Crippen molar-refractivity contribution < 1.29 is 15.0 Å². The highest BCUT2D eigenvalue weighted by Crippen LogP contribution is 2.30. The van der Waals surface area contributed by atoms with Gasteiger partial charge in [0.1, 0.15) is 0 Å².